The van der Waals surface area contributed by atoms with Gasteiger partial charge in [-0.15, -0.1) is 0 Å². The Morgan fingerprint density at radius 3 is 2.64 bits per heavy atom. The predicted molar refractivity (Wildman–Crippen MR) is 94.1 cm³/mol. The molecular weight excluding hydrogens is 344 g/mol. The Labute approximate surface area is 151 Å². The lowest BCUT2D eigenvalue weighted by Gasteiger charge is -2.36. The summed E-state index contributed by atoms with van der Waals surface area (Å²) in [5.41, 5.74) is 0.746. The van der Waals surface area contributed by atoms with E-state index < -0.39 is 12.1 Å². The number of thioether (sulfide) groups is 1. The van der Waals surface area contributed by atoms with Crippen LogP contribution in [0.15, 0.2) is 18.2 Å². The first kappa shape index (κ1) is 17.9. The number of nitrogens with zero attached hydrogens (tertiary/aromatic N) is 1. The van der Waals surface area contributed by atoms with Gasteiger partial charge in [-0.1, -0.05) is 6.07 Å². The fourth-order valence-electron chi connectivity index (χ4n) is 3.03. The molecular formula is C17H22N2O5S. The van der Waals surface area contributed by atoms with Gasteiger partial charge in [0, 0.05) is 24.6 Å². The molecule has 8 heteroatoms. The molecule has 2 atom stereocenters. The molecule has 1 aromatic rings. The predicted octanol–water partition coefficient (Wildman–Crippen LogP) is 0.835. The third kappa shape index (κ3) is 3.85. The summed E-state index contributed by atoms with van der Waals surface area (Å²) in [5, 5.41) is 2.88. The molecule has 0 bridgehead atoms. The molecule has 2 heterocycles. The maximum atomic E-state index is 12.9. The third-order valence-corrected chi connectivity index (χ3v) is 5.29. The van der Waals surface area contributed by atoms with E-state index in [-0.39, 0.29) is 18.4 Å². The number of ether oxygens (including phenoxy) is 3. The highest BCUT2D eigenvalue weighted by Gasteiger charge is 2.39. The molecule has 1 aromatic carbocycles. The van der Waals surface area contributed by atoms with Crippen LogP contribution in [-0.2, 0) is 14.3 Å². The van der Waals surface area contributed by atoms with Crippen LogP contribution in [0.5, 0.6) is 11.5 Å². The molecule has 2 aliphatic heterocycles. The van der Waals surface area contributed by atoms with Crippen molar-refractivity contribution < 1.29 is 23.8 Å². The minimum absolute atomic E-state index is 0.0833. The van der Waals surface area contributed by atoms with Crippen molar-refractivity contribution in [3.8, 4) is 11.5 Å². The second kappa shape index (κ2) is 7.97. The number of morpholine rings is 1. The van der Waals surface area contributed by atoms with Crippen molar-refractivity contribution >= 4 is 23.6 Å². The fraction of sp³-hybridized carbons (Fsp3) is 0.529. The van der Waals surface area contributed by atoms with Crippen LogP contribution in [0.25, 0.3) is 0 Å². The van der Waals surface area contributed by atoms with E-state index in [2.05, 4.69) is 5.32 Å². The van der Waals surface area contributed by atoms with E-state index in [0.29, 0.717) is 24.6 Å². The standard InChI is InChI=1S/C17H22N2O5S/c1-22-12-4-3-11(9-13(12)23-2)15-16(24-10-14(20)18-15)17(21)19-5-7-25-8-6-19/h3-4,9,15-16H,5-8,10H2,1-2H3,(H,18,20)/t15-,16+/m1/s1. The lowest BCUT2D eigenvalue weighted by Crippen LogP contribution is -2.54. The van der Waals surface area contributed by atoms with Crippen molar-refractivity contribution in [2.24, 2.45) is 0 Å². The monoisotopic (exact) mass is 366 g/mol. The number of hydrogen-bond acceptors (Lipinski definition) is 6. The summed E-state index contributed by atoms with van der Waals surface area (Å²) >= 11 is 1.83. The van der Waals surface area contributed by atoms with Gasteiger partial charge in [0.05, 0.1) is 20.3 Å². The Bertz CT molecular complexity index is 648. The van der Waals surface area contributed by atoms with Crippen molar-refractivity contribution in [3.05, 3.63) is 23.8 Å². The zero-order valence-electron chi connectivity index (χ0n) is 14.3. The molecule has 0 saturated carbocycles. The highest BCUT2D eigenvalue weighted by Crippen LogP contribution is 2.33. The van der Waals surface area contributed by atoms with Crippen LogP contribution in [0, 0.1) is 0 Å². The van der Waals surface area contributed by atoms with E-state index in [1.54, 1.807) is 26.4 Å². The first-order valence-corrected chi connectivity index (χ1v) is 9.29. The topological polar surface area (TPSA) is 77.1 Å². The van der Waals surface area contributed by atoms with Crippen molar-refractivity contribution in [2.75, 3.05) is 45.4 Å². The molecule has 0 unspecified atom stereocenters. The van der Waals surface area contributed by atoms with E-state index in [9.17, 15) is 9.59 Å². The van der Waals surface area contributed by atoms with Gasteiger partial charge in [-0.2, -0.15) is 11.8 Å². The van der Waals surface area contributed by atoms with Gasteiger partial charge in [0.25, 0.3) is 5.91 Å². The van der Waals surface area contributed by atoms with Gasteiger partial charge < -0.3 is 24.4 Å². The Morgan fingerprint density at radius 2 is 1.96 bits per heavy atom. The highest BCUT2D eigenvalue weighted by molar-refractivity contribution is 7.99. The number of hydrogen-bond donors (Lipinski definition) is 1. The van der Waals surface area contributed by atoms with Crippen molar-refractivity contribution in [1.82, 2.24) is 10.2 Å². The number of rotatable bonds is 4. The molecule has 0 radical (unpaired) electrons. The molecule has 2 aliphatic rings. The van der Waals surface area contributed by atoms with Crippen LogP contribution in [-0.4, -0.2) is 68.2 Å². The molecule has 1 N–H and O–H groups in total. The highest BCUT2D eigenvalue weighted by atomic mass is 32.2. The number of nitrogens with one attached hydrogen (secondary N) is 1. The molecule has 0 aliphatic carbocycles. The SMILES string of the molecule is COc1ccc([C@H]2NC(=O)CO[C@@H]2C(=O)N2CCSCC2)cc1OC. The van der Waals surface area contributed by atoms with Crippen LogP contribution in [0.4, 0.5) is 0 Å². The van der Waals surface area contributed by atoms with Crippen LogP contribution in [0.2, 0.25) is 0 Å². The van der Waals surface area contributed by atoms with Crippen LogP contribution >= 0.6 is 11.8 Å². The maximum Gasteiger partial charge on any atom is 0.254 e. The van der Waals surface area contributed by atoms with Gasteiger partial charge in [0.15, 0.2) is 17.6 Å². The Balaban J connectivity index is 1.87. The smallest absolute Gasteiger partial charge is 0.254 e. The summed E-state index contributed by atoms with van der Waals surface area (Å²) in [6, 6.07) is 4.79. The number of amides is 2. The average Bonchev–Trinajstić information content (AvgIpc) is 2.67. The Kier molecular flexibility index (Phi) is 5.70. The van der Waals surface area contributed by atoms with Crippen LogP contribution in [0.1, 0.15) is 11.6 Å². The number of benzene rings is 1. The summed E-state index contributed by atoms with van der Waals surface area (Å²) in [5.74, 6) is 2.65. The van der Waals surface area contributed by atoms with Crippen molar-refractivity contribution in [3.63, 3.8) is 0 Å². The summed E-state index contributed by atoms with van der Waals surface area (Å²) < 4.78 is 16.2. The van der Waals surface area contributed by atoms with Crippen LogP contribution in [0.3, 0.4) is 0 Å². The second-order valence-electron chi connectivity index (χ2n) is 5.83. The normalized spacial score (nSPS) is 23.8. The van der Waals surface area contributed by atoms with E-state index in [1.165, 1.54) is 0 Å². The molecule has 2 amide bonds. The largest absolute Gasteiger partial charge is 0.493 e. The van der Waals surface area contributed by atoms with E-state index in [4.69, 9.17) is 14.2 Å². The van der Waals surface area contributed by atoms with Gasteiger partial charge in [-0.05, 0) is 17.7 Å². The van der Waals surface area contributed by atoms with Gasteiger partial charge in [0.2, 0.25) is 5.91 Å². The fourth-order valence-corrected chi connectivity index (χ4v) is 3.94. The first-order valence-electron chi connectivity index (χ1n) is 8.13. The summed E-state index contributed by atoms with van der Waals surface area (Å²) in [6.07, 6.45) is -0.737. The Hall–Kier alpha value is -1.93. The molecule has 25 heavy (non-hydrogen) atoms. The molecule has 7 nitrogen and oxygen atoms in total. The van der Waals surface area contributed by atoms with Crippen molar-refractivity contribution in [1.29, 1.82) is 0 Å². The lowest BCUT2D eigenvalue weighted by atomic mass is 9.98. The minimum atomic E-state index is -0.737. The zero-order chi connectivity index (χ0) is 17.8. The van der Waals surface area contributed by atoms with Gasteiger partial charge >= 0.3 is 0 Å². The molecule has 3 rings (SSSR count). The van der Waals surface area contributed by atoms with Gasteiger partial charge in [-0.3, -0.25) is 9.59 Å². The summed E-state index contributed by atoms with van der Waals surface area (Å²) in [7, 11) is 3.11. The number of carbonyl (C=O) groups excluding carboxylic acids is 2. The van der Waals surface area contributed by atoms with Crippen molar-refractivity contribution in [2.45, 2.75) is 12.1 Å². The maximum absolute atomic E-state index is 12.9. The second-order valence-corrected chi connectivity index (χ2v) is 7.05. The summed E-state index contributed by atoms with van der Waals surface area (Å²) in [6.45, 7) is 1.30. The summed E-state index contributed by atoms with van der Waals surface area (Å²) in [4.78, 5) is 26.6. The lowest BCUT2D eigenvalue weighted by molar-refractivity contribution is -0.155. The third-order valence-electron chi connectivity index (χ3n) is 4.35. The molecule has 0 aromatic heterocycles. The number of carbonyl (C=O) groups is 2. The zero-order valence-corrected chi connectivity index (χ0v) is 15.1. The van der Waals surface area contributed by atoms with Gasteiger partial charge in [-0.25, -0.2) is 0 Å². The minimum Gasteiger partial charge on any atom is -0.493 e. The number of methoxy groups -OCH3 is 2. The van der Waals surface area contributed by atoms with E-state index >= 15 is 0 Å². The first-order chi connectivity index (χ1) is 12.1. The van der Waals surface area contributed by atoms with Gasteiger partial charge in [0.1, 0.15) is 6.61 Å². The Morgan fingerprint density at radius 1 is 1.24 bits per heavy atom. The molecule has 136 valence electrons. The average molecular weight is 366 g/mol. The molecule has 2 saturated heterocycles. The molecule has 2 fully saturated rings. The van der Waals surface area contributed by atoms with Crippen LogP contribution < -0.4 is 14.8 Å². The quantitative estimate of drug-likeness (QED) is 0.851. The van der Waals surface area contributed by atoms with E-state index in [0.717, 1.165) is 17.1 Å². The molecule has 0 spiro atoms. The van der Waals surface area contributed by atoms with E-state index in [1.807, 2.05) is 22.7 Å².